The third-order valence-electron chi connectivity index (χ3n) is 6.90. The molecule has 2 fully saturated rings. The smallest absolute Gasteiger partial charge is 0.233 e. The van der Waals surface area contributed by atoms with Crippen molar-refractivity contribution < 1.29 is 4.74 Å². The maximum Gasteiger partial charge on any atom is 0.233 e. The second-order valence-corrected chi connectivity index (χ2v) is 9.46. The Labute approximate surface area is 192 Å². The van der Waals surface area contributed by atoms with Gasteiger partial charge in [0.1, 0.15) is 11.8 Å². The molecule has 0 amide bonds. The highest BCUT2D eigenvalue weighted by Crippen LogP contribution is 2.34. The molecule has 1 aliphatic carbocycles. The quantitative estimate of drug-likeness (QED) is 0.460. The van der Waals surface area contributed by atoms with E-state index in [9.17, 15) is 0 Å². The maximum absolute atomic E-state index is 6.15. The number of hydrogen-bond acceptors (Lipinski definition) is 7. The second-order valence-electron chi connectivity index (χ2n) is 9.46. The summed E-state index contributed by atoms with van der Waals surface area (Å²) in [6.45, 7) is 4.30. The summed E-state index contributed by atoms with van der Waals surface area (Å²) in [6, 6.07) is 6.54. The topological polar surface area (TPSA) is 91.9 Å². The average molecular weight is 444 g/mol. The van der Waals surface area contributed by atoms with Crippen molar-refractivity contribution in [2.24, 2.45) is 5.92 Å². The van der Waals surface area contributed by atoms with E-state index in [2.05, 4.69) is 56.3 Å². The van der Waals surface area contributed by atoms with Gasteiger partial charge in [-0.25, -0.2) is 15.0 Å². The van der Waals surface area contributed by atoms with Gasteiger partial charge in [0.2, 0.25) is 11.8 Å². The lowest BCUT2D eigenvalue weighted by Gasteiger charge is -2.28. The predicted octanol–water partition coefficient (Wildman–Crippen LogP) is 4.25. The summed E-state index contributed by atoms with van der Waals surface area (Å²) in [4.78, 5) is 24.2. The highest BCUT2D eigenvalue weighted by atomic mass is 16.5. The molecule has 4 heterocycles. The summed E-state index contributed by atoms with van der Waals surface area (Å²) in [5.74, 6) is 2.02. The van der Waals surface area contributed by atoms with Crippen molar-refractivity contribution in [1.82, 2.24) is 29.8 Å². The van der Waals surface area contributed by atoms with E-state index in [0.717, 1.165) is 65.0 Å². The van der Waals surface area contributed by atoms with Crippen molar-refractivity contribution in [1.29, 1.82) is 0 Å². The van der Waals surface area contributed by atoms with Crippen LogP contribution in [0.3, 0.4) is 0 Å². The number of nitrogens with one attached hydrogen (secondary N) is 2. The first-order valence-corrected chi connectivity index (χ1v) is 11.9. The lowest BCUT2D eigenvalue weighted by Crippen LogP contribution is -2.35. The van der Waals surface area contributed by atoms with Gasteiger partial charge in [0.25, 0.3) is 0 Å². The number of H-pyrrole nitrogens is 1. The van der Waals surface area contributed by atoms with Gasteiger partial charge in [-0.3, -0.25) is 0 Å². The van der Waals surface area contributed by atoms with Crippen LogP contribution >= 0.6 is 0 Å². The van der Waals surface area contributed by atoms with E-state index in [1.54, 1.807) is 6.20 Å². The number of anilines is 1. The molecule has 1 unspecified atom stereocenters. The Balaban J connectivity index is 1.26. The number of likely N-dealkylation sites (tertiary alicyclic amines) is 1. The molecule has 8 heteroatoms. The zero-order valence-corrected chi connectivity index (χ0v) is 19.1. The van der Waals surface area contributed by atoms with Gasteiger partial charge in [-0.15, -0.1) is 0 Å². The molecular weight excluding hydrogens is 414 g/mol. The lowest BCUT2D eigenvalue weighted by molar-refractivity contribution is 0.110. The Morgan fingerprint density at radius 3 is 2.73 bits per heavy atom. The number of rotatable bonds is 6. The monoisotopic (exact) mass is 443 g/mol. The van der Waals surface area contributed by atoms with Gasteiger partial charge in [0.05, 0.1) is 17.2 Å². The fourth-order valence-corrected chi connectivity index (χ4v) is 4.63. The van der Waals surface area contributed by atoms with E-state index >= 15 is 0 Å². The third kappa shape index (κ3) is 4.23. The fourth-order valence-electron chi connectivity index (χ4n) is 4.63. The van der Waals surface area contributed by atoms with Crippen molar-refractivity contribution in [3.8, 4) is 17.0 Å². The summed E-state index contributed by atoms with van der Waals surface area (Å²) in [5.41, 5.74) is 4.61. The van der Waals surface area contributed by atoms with Crippen molar-refractivity contribution in [3.63, 3.8) is 0 Å². The van der Waals surface area contributed by atoms with Gasteiger partial charge >= 0.3 is 0 Å². The molecule has 4 aromatic rings. The Morgan fingerprint density at radius 2 is 1.91 bits per heavy atom. The molecule has 1 aliphatic heterocycles. The number of ether oxygens (including phenoxy) is 1. The van der Waals surface area contributed by atoms with Gasteiger partial charge in [0.15, 0.2) is 0 Å². The van der Waals surface area contributed by atoms with Crippen molar-refractivity contribution in [2.75, 3.05) is 25.5 Å². The summed E-state index contributed by atoms with van der Waals surface area (Å²) in [7, 11) is 2.15. The first-order valence-electron chi connectivity index (χ1n) is 11.9. The lowest BCUT2D eigenvalue weighted by atomic mass is 10.1. The molecule has 1 atom stereocenters. The Hall–Kier alpha value is -3.26. The van der Waals surface area contributed by atoms with E-state index in [-0.39, 0.29) is 6.10 Å². The molecule has 8 nitrogen and oxygen atoms in total. The second kappa shape index (κ2) is 8.26. The number of piperidine rings is 1. The molecule has 170 valence electrons. The molecular formula is C25H29N7O. The minimum Gasteiger partial charge on any atom is -0.473 e. The van der Waals surface area contributed by atoms with Crippen LogP contribution < -0.4 is 10.1 Å². The number of hydrogen-bond donors (Lipinski definition) is 2. The van der Waals surface area contributed by atoms with E-state index in [1.807, 2.05) is 18.5 Å². The van der Waals surface area contributed by atoms with Gasteiger partial charge in [-0.05, 0) is 63.3 Å². The zero-order valence-electron chi connectivity index (χ0n) is 19.1. The molecule has 1 saturated carbocycles. The van der Waals surface area contributed by atoms with Crippen LogP contribution in [0.4, 0.5) is 5.95 Å². The van der Waals surface area contributed by atoms with Crippen molar-refractivity contribution in [3.05, 3.63) is 36.8 Å². The van der Waals surface area contributed by atoms with Gasteiger partial charge in [-0.2, -0.15) is 4.98 Å². The molecule has 6 rings (SSSR count). The largest absolute Gasteiger partial charge is 0.473 e. The van der Waals surface area contributed by atoms with Gasteiger partial charge < -0.3 is 19.9 Å². The number of aromatic amines is 1. The Kier molecular flexibility index (Phi) is 5.10. The number of aromatic nitrogens is 5. The summed E-state index contributed by atoms with van der Waals surface area (Å²) >= 11 is 0. The minimum atomic E-state index is 0.201. The summed E-state index contributed by atoms with van der Waals surface area (Å²) in [6.07, 6.45) is 10.4. The Bertz CT molecular complexity index is 1290. The van der Waals surface area contributed by atoms with Crippen LogP contribution in [0.2, 0.25) is 0 Å². The SMILES string of the molecule is CC(Nc1ncc2c(-c3ccc4ncc(OC5CCN(C)CC5)nc4c3)c[nH]c2n1)C1CC1. The Morgan fingerprint density at radius 1 is 1.06 bits per heavy atom. The highest BCUT2D eigenvalue weighted by molar-refractivity contribution is 5.95. The first-order chi connectivity index (χ1) is 16.1. The molecule has 3 aromatic heterocycles. The van der Waals surface area contributed by atoms with Crippen LogP contribution in [0.15, 0.2) is 36.8 Å². The summed E-state index contributed by atoms with van der Waals surface area (Å²) < 4.78 is 6.15. The maximum atomic E-state index is 6.15. The standard InChI is InChI=1S/C25H29N7O/c1-15(16-3-4-16)29-25-28-13-20-19(12-27-24(20)31-25)17-5-6-21-22(11-17)30-23(14-26-21)33-18-7-9-32(2)10-8-18/h5-6,11-16,18H,3-4,7-10H2,1-2H3,(H2,27,28,29,31). The van der Waals surface area contributed by atoms with Crippen LogP contribution in [0.25, 0.3) is 33.2 Å². The molecule has 2 N–H and O–H groups in total. The molecule has 1 aromatic carbocycles. The van der Waals surface area contributed by atoms with Gasteiger partial charge in [-0.1, -0.05) is 6.07 Å². The van der Waals surface area contributed by atoms with Crippen molar-refractivity contribution >= 4 is 28.0 Å². The van der Waals surface area contributed by atoms with Crippen molar-refractivity contribution in [2.45, 2.75) is 44.8 Å². The number of benzene rings is 1. The number of fused-ring (bicyclic) bond motifs is 2. The first kappa shape index (κ1) is 20.4. The van der Waals surface area contributed by atoms with E-state index in [1.165, 1.54) is 12.8 Å². The summed E-state index contributed by atoms with van der Waals surface area (Å²) in [5, 5.41) is 4.43. The van der Waals surface area contributed by atoms with E-state index in [0.29, 0.717) is 17.9 Å². The third-order valence-corrected chi connectivity index (χ3v) is 6.90. The van der Waals surface area contributed by atoms with E-state index < -0.39 is 0 Å². The zero-order chi connectivity index (χ0) is 22.4. The van der Waals surface area contributed by atoms with Crippen LogP contribution in [0.5, 0.6) is 5.88 Å². The highest BCUT2D eigenvalue weighted by Gasteiger charge is 2.28. The number of nitrogens with zero attached hydrogens (tertiary/aromatic N) is 5. The predicted molar refractivity (Wildman–Crippen MR) is 129 cm³/mol. The molecule has 0 spiro atoms. The van der Waals surface area contributed by atoms with E-state index in [4.69, 9.17) is 9.72 Å². The van der Waals surface area contributed by atoms with Crippen LogP contribution in [0, 0.1) is 5.92 Å². The van der Waals surface area contributed by atoms with Crippen LogP contribution in [0.1, 0.15) is 32.6 Å². The fraction of sp³-hybridized carbons (Fsp3) is 0.440. The van der Waals surface area contributed by atoms with Gasteiger partial charge in [0, 0.05) is 42.5 Å². The molecule has 0 bridgehead atoms. The minimum absolute atomic E-state index is 0.201. The molecule has 2 aliphatic rings. The molecule has 0 radical (unpaired) electrons. The average Bonchev–Trinajstić information content (AvgIpc) is 3.60. The normalized spacial score (nSPS) is 18.6. The molecule has 33 heavy (non-hydrogen) atoms. The molecule has 1 saturated heterocycles. The van der Waals surface area contributed by atoms with Crippen LogP contribution in [-0.4, -0.2) is 62.1 Å². The van der Waals surface area contributed by atoms with Crippen LogP contribution in [-0.2, 0) is 0 Å².